The van der Waals surface area contributed by atoms with Crippen LogP contribution in [0.3, 0.4) is 0 Å². The number of hydrogen-bond acceptors (Lipinski definition) is 5. The average Bonchev–Trinajstić information content (AvgIpc) is 2.54. The van der Waals surface area contributed by atoms with Crippen molar-refractivity contribution in [3.63, 3.8) is 0 Å². The summed E-state index contributed by atoms with van der Waals surface area (Å²) in [5.74, 6) is 0.0291. The molecule has 2 aromatic rings. The molecule has 0 atom stereocenters. The topological polar surface area (TPSA) is 96.0 Å². The lowest BCUT2D eigenvalue weighted by atomic mass is 10.2. The molecule has 0 aliphatic heterocycles. The Balaban J connectivity index is 2.02. The predicted molar refractivity (Wildman–Crippen MR) is 83.8 cm³/mol. The second-order valence-electron chi connectivity index (χ2n) is 4.23. The second-order valence-corrected chi connectivity index (χ2v) is 5.28. The van der Waals surface area contributed by atoms with Gasteiger partial charge in [0.2, 0.25) is 0 Å². The number of amides is 1. The van der Waals surface area contributed by atoms with Crippen molar-refractivity contribution in [1.82, 2.24) is 0 Å². The van der Waals surface area contributed by atoms with Crippen LogP contribution in [0.1, 0.15) is 10.4 Å². The lowest BCUT2D eigenvalue weighted by Gasteiger charge is -2.06. The first-order valence-corrected chi connectivity index (χ1v) is 7.24. The molecule has 0 spiro atoms. The van der Waals surface area contributed by atoms with Crippen LogP contribution in [-0.2, 0) is 0 Å². The van der Waals surface area contributed by atoms with Crippen molar-refractivity contribution in [1.29, 1.82) is 5.26 Å². The van der Waals surface area contributed by atoms with Gasteiger partial charge in [-0.15, -0.1) is 11.8 Å². The van der Waals surface area contributed by atoms with E-state index in [1.807, 2.05) is 18.2 Å². The van der Waals surface area contributed by atoms with Gasteiger partial charge in [-0.05, 0) is 36.4 Å². The van der Waals surface area contributed by atoms with Crippen LogP contribution >= 0.6 is 11.8 Å². The SMILES string of the molecule is N#CCSc1ccc(NC(=O)c2ccc([N+](=O)[O-])cc2)cc1. The maximum absolute atomic E-state index is 12.0. The minimum Gasteiger partial charge on any atom is -0.322 e. The summed E-state index contributed by atoms with van der Waals surface area (Å²) in [4.78, 5) is 23.0. The van der Waals surface area contributed by atoms with Crippen LogP contribution in [0.2, 0.25) is 0 Å². The number of anilines is 1. The highest BCUT2D eigenvalue weighted by molar-refractivity contribution is 7.99. The maximum atomic E-state index is 12.0. The Morgan fingerprint density at radius 1 is 1.18 bits per heavy atom. The number of nitriles is 1. The third kappa shape index (κ3) is 4.07. The van der Waals surface area contributed by atoms with Crippen LogP contribution in [0.15, 0.2) is 53.4 Å². The van der Waals surface area contributed by atoms with E-state index in [0.29, 0.717) is 17.0 Å². The number of thioether (sulfide) groups is 1. The molecule has 22 heavy (non-hydrogen) atoms. The lowest BCUT2D eigenvalue weighted by Crippen LogP contribution is -2.11. The number of nitrogens with zero attached hydrogens (tertiary/aromatic N) is 2. The molecule has 0 heterocycles. The zero-order chi connectivity index (χ0) is 15.9. The molecular formula is C15H11N3O3S. The Kier molecular flexibility index (Phi) is 5.11. The number of rotatable bonds is 5. The Morgan fingerprint density at radius 3 is 2.36 bits per heavy atom. The van der Waals surface area contributed by atoms with E-state index in [-0.39, 0.29) is 11.6 Å². The van der Waals surface area contributed by atoms with E-state index in [0.717, 1.165) is 4.90 Å². The number of hydrogen-bond donors (Lipinski definition) is 1. The van der Waals surface area contributed by atoms with Crippen molar-refractivity contribution in [2.45, 2.75) is 4.90 Å². The summed E-state index contributed by atoms with van der Waals surface area (Å²) in [6.45, 7) is 0. The molecule has 110 valence electrons. The zero-order valence-electron chi connectivity index (χ0n) is 11.4. The molecule has 1 N–H and O–H groups in total. The summed E-state index contributed by atoms with van der Waals surface area (Å²) in [7, 11) is 0. The molecule has 0 saturated carbocycles. The van der Waals surface area contributed by atoms with Crippen molar-refractivity contribution >= 4 is 29.0 Å². The van der Waals surface area contributed by atoms with Crippen LogP contribution in [0.25, 0.3) is 0 Å². The van der Waals surface area contributed by atoms with E-state index in [1.165, 1.54) is 36.0 Å². The van der Waals surface area contributed by atoms with E-state index >= 15 is 0 Å². The van der Waals surface area contributed by atoms with Gasteiger partial charge in [-0.1, -0.05) is 0 Å². The van der Waals surface area contributed by atoms with E-state index in [1.54, 1.807) is 12.1 Å². The van der Waals surface area contributed by atoms with E-state index in [2.05, 4.69) is 5.32 Å². The molecule has 0 bridgehead atoms. The van der Waals surface area contributed by atoms with Gasteiger partial charge in [-0.2, -0.15) is 5.26 Å². The fourth-order valence-electron chi connectivity index (χ4n) is 1.69. The van der Waals surface area contributed by atoms with Gasteiger partial charge in [0, 0.05) is 28.3 Å². The Bertz CT molecular complexity index is 721. The van der Waals surface area contributed by atoms with Crippen molar-refractivity contribution in [3.8, 4) is 6.07 Å². The molecule has 6 nitrogen and oxygen atoms in total. The smallest absolute Gasteiger partial charge is 0.269 e. The van der Waals surface area contributed by atoms with Crippen molar-refractivity contribution < 1.29 is 9.72 Å². The monoisotopic (exact) mass is 313 g/mol. The number of benzene rings is 2. The molecule has 2 rings (SSSR count). The normalized spacial score (nSPS) is 9.77. The molecule has 0 unspecified atom stereocenters. The summed E-state index contributed by atoms with van der Waals surface area (Å²) < 4.78 is 0. The summed E-state index contributed by atoms with van der Waals surface area (Å²) in [6, 6.07) is 14.5. The molecule has 2 aromatic carbocycles. The summed E-state index contributed by atoms with van der Waals surface area (Å²) >= 11 is 1.41. The number of carbonyl (C=O) groups excluding carboxylic acids is 1. The first kappa shape index (κ1) is 15.5. The van der Waals surface area contributed by atoms with E-state index in [9.17, 15) is 14.9 Å². The Hall–Kier alpha value is -2.85. The van der Waals surface area contributed by atoms with E-state index < -0.39 is 4.92 Å². The molecular weight excluding hydrogens is 302 g/mol. The minimum absolute atomic E-state index is 0.0598. The highest BCUT2D eigenvalue weighted by Gasteiger charge is 2.09. The lowest BCUT2D eigenvalue weighted by molar-refractivity contribution is -0.384. The van der Waals surface area contributed by atoms with Crippen molar-refractivity contribution in [2.24, 2.45) is 0 Å². The van der Waals surface area contributed by atoms with Crippen LogP contribution in [0.4, 0.5) is 11.4 Å². The summed E-state index contributed by atoms with van der Waals surface area (Å²) in [5, 5.41) is 21.8. The first-order valence-electron chi connectivity index (χ1n) is 6.26. The van der Waals surface area contributed by atoms with Gasteiger partial charge in [0.05, 0.1) is 16.7 Å². The highest BCUT2D eigenvalue weighted by atomic mass is 32.2. The molecule has 0 radical (unpaired) electrons. The second kappa shape index (κ2) is 7.24. The molecule has 1 amide bonds. The molecule has 0 aliphatic carbocycles. The first-order chi connectivity index (χ1) is 10.6. The number of carbonyl (C=O) groups is 1. The quantitative estimate of drug-likeness (QED) is 0.518. The van der Waals surface area contributed by atoms with Crippen molar-refractivity contribution in [3.05, 3.63) is 64.2 Å². The standard InChI is InChI=1S/C15H11N3O3S/c16-9-10-22-14-7-3-12(4-8-14)17-15(19)11-1-5-13(6-2-11)18(20)21/h1-8H,10H2,(H,17,19). The summed E-state index contributed by atoms with van der Waals surface area (Å²) in [6.07, 6.45) is 0. The minimum atomic E-state index is -0.515. The number of nitrogens with one attached hydrogen (secondary N) is 1. The van der Waals surface area contributed by atoms with Gasteiger partial charge in [0.1, 0.15) is 0 Å². The predicted octanol–water partition coefficient (Wildman–Crippen LogP) is 3.46. The zero-order valence-corrected chi connectivity index (χ0v) is 12.2. The van der Waals surface area contributed by atoms with Crippen molar-refractivity contribution in [2.75, 3.05) is 11.1 Å². The number of nitro benzene ring substituents is 1. The third-order valence-corrected chi connectivity index (χ3v) is 3.63. The Morgan fingerprint density at radius 2 is 1.82 bits per heavy atom. The average molecular weight is 313 g/mol. The molecule has 7 heteroatoms. The van der Waals surface area contributed by atoms with Gasteiger partial charge in [-0.3, -0.25) is 14.9 Å². The van der Waals surface area contributed by atoms with Gasteiger partial charge in [0.15, 0.2) is 0 Å². The van der Waals surface area contributed by atoms with Gasteiger partial charge < -0.3 is 5.32 Å². The third-order valence-electron chi connectivity index (χ3n) is 2.76. The number of non-ortho nitro benzene ring substituents is 1. The Labute approximate surface area is 130 Å². The van der Waals surface area contributed by atoms with Gasteiger partial charge >= 0.3 is 0 Å². The van der Waals surface area contributed by atoms with E-state index in [4.69, 9.17) is 5.26 Å². The van der Waals surface area contributed by atoms with Gasteiger partial charge in [0.25, 0.3) is 11.6 Å². The summed E-state index contributed by atoms with van der Waals surface area (Å²) in [5.41, 5.74) is 0.897. The van der Waals surface area contributed by atoms with Crippen LogP contribution in [0, 0.1) is 21.4 Å². The molecule has 0 aliphatic rings. The molecule has 0 aromatic heterocycles. The van der Waals surface area contributed by atoms with Crippen LogP contribution < -0.4 is 5.32 Å². The number of nitro groups is 1. The maximum Gasteiger partial charge on any atom is 0.269 e. The molecule has 0 saturated heterocycles. The van der Waals surface area contributed by atoms with Crippen LogP contribution in [0.5, 0.6) is 0 Å². The molecule has 0 fully saturated rings. The van der Waals surface area contributed by atoms with Gasteiger partial charge in [-0.25, -0.2) is 0 Å². The highest BCUT2D eigenvalue weighted by Crippen LogP contribution is 2.20. The fraction of sp³-hybridized carbons (Fsp3) is 0.0667. The largest absolute Gasteiger partial charge is 0.322 e. The fourth-order valence-corrected chi connectivity index (χ4v) is 2.25. The van der Waals surface area contributed by atoms with Crippen LogP contribution in [-0.4, -0.2) is 16.6 Å².